The topological polar surface area (TPSA) is 43.8 Å². The lowest BCUT2D eigenvalue weighted by molar-refractivity contribution is 0.219. The van der Waals surface area contributed by atoms with Crippen molar-refractivity contribution in [3.63, 3.8) is 0 Å². The van der Waals surface area contributed by atoms with E-state index in [1.54, 1.807) is 0 Å². The molecule has 0 radical (unpaired) electrons. The van der Waals surface area contributed by atoms with Crippen LogP contribution in [0.5, 0.6) is 0 Å². The second-order valence-corrected chi connectivity index (χ2v) is 6.74. The Balaban J connectivity index is 2.00. The van der Waals surface area contributed by atoms with Gasteiger partial charge in [0, 0.05) is 24.7 Å². The molecule has 0 bridgehead atoms. The number of rotatable bonds is 4. The number of nitrogens with zero attached hydrogens (tertiary/aromatic N) is 2. The Morgan fingerprint density at radius 2 is 2.22 bits per heavy atom. The summed E-state index contributed by atoms with van der Waals surface area (Å²) in [7, 11) is 0. The fraction of sp³-hybridized carbons (Fsp3) is 0.800. The third-order valence-electron chi connectivity index (χ3n) is 4.49. The van der Waals surface area contributed by atoms with Gasteiger partial charge in [0.1, 0.15) is 0 Å². The van der Waals surface area contributed by atoms with Gasteiger partial charge in [0.15, 0.2) is 0 Å². The van der Waals surface area contributed by atoms with Gasteiger partial charge in [0.05, 0.1) is 5.69 Å². The highest BCUT2D eigenvalue weighted by Gasteiger charge is 2.38. The van der Waals surface area contributed by atoms with Crippen molar-refractivity contribution in [2.45, 2.75) is 65.5 Å². The molecule has 1 aliphatic rings. The summed E-state index contributed by atoms with van der Waals surface area (Å²) in [5.74, 6) is 0.640. The molecule has 1 aromatic rings. The molecule has 0 saturated heterocycles. The summed E-state index contributed by atoms with van der Waals surface area (Å²) in [5.41, 5.74) is 7.96. The van der Waals surface area contributed by atoms with Crippen LogP contribution in [-0.2, 0) is 6.42 Å². The summed E-state index contributed by atoms with van der Waals surface area (Å²) in [5, 5.41) is 4.61. The molecule has 0 spiro atoms. The van der Waals surface area contributed by atoms with E-state index in [1.807, 2.05) is 4.68 Å². The maximum absolute atomic E-state index is 6.42. The average Bonchev–Trinajstić information content (AvgIpc) is 2.84. The van der Waals surface area contributed by atoms with Crippen molar-refractivity contribution < 1.29 is 0 Å². The number of hydrogen-bond acceptors (Lipinski definition) is 2. The van der Waals surface area contributed by atoms with E-state index in [2.05, 4.69) is 45.1 Å². The van der Waals surface area contributed by atoms with Crippen LogP contribution in [0.25, 0.3) is 0 Å². The molecule has 3 nitrogen and oxygen atoms in total. The summed E-state index contributed by atoms with van der Waals surface area (Å²) in [6.45, 7) is 9.02. The first-order valence-corrected chi connectivity index (χ1v) is 7.20. The van der Waals surface area contributed by atoms with Crippen LogP contribution in [-0.4, -0.2) is 15.8 Å². The second-order valence-electron chi connectivity index (χ2n) is 6.74. The molecule has 1 heterocycles. The van der Waals surface area contributed by atoms with Crippen LogP contribution in [0, 0.1) is 11.3 Å². The normalized spacial score (nSPS) is 24.7. The molecule has 0 aliphatic heterocycles. The fourth-order valence-electron chi connectivity index (χ4n) is 3.30. The van der Waals surface area contributed by atoms with E-state index in [4.69, 9.17) is 5.73 Å². The standard InChI is InChI=1S/C15H27N3/c1-11(2)18-9-7-12(17-18)10-14(16)13-6-5-8-15(13,3)4/h7,9,11,13-14H,5-6,8,10,16H2,1-4H3. The largest absolute Gasteiger partial charge is 0.327 e. The van der Waals surface area contributed by atoms with Crippen molar-refractivity contribution >= 4 is 0 Å². The van der Waals surface area contributed by atoms with Gasteiger partial charge in [-0.3, -0.25) is 4.68 Å². The number of hydrogen-bond donors (Lipinski definition) is 1. The van der Waals surface area contributed by atoms with E-state index in [9.17, 15) is 0 Å². The monoisotopic (exact) mass is 249 g/mol. The predicted molar refractivity (Wildman–Crippen MR) is 75.4 cm³/mol. The Bertz CT molecular complexity index is 392. The maximum atomic E-state index is 6.42. The van der Waals surface area contributed by atoms with Crippen molar-refractivity contribution in [3.05, 3.63) is 18.0 Å². The van der Waals surface area contributed by atoms with Crippen molar-refractivity contribution in [1.29, 1.82) is 0 Å². The minimum atomic E-state index is 0.248. The Labute approximate surface area is 111 Å². The molecule has 0 amide bonds. The van der Waals surface area contributed by atoms with Gasteiger partial charge in [0.2, 0.25) is 0 Å². The van der Waals surface area contributed by atoms with Gasteiger partial charge in [-0.05, 0) is 44.1 Å². The van der Waals surface area contributed by atoms with Crippen LogP contribution in [0.2, 0.25) is 0 Å². The lowest BCUT2D eigenvalue weighted by Crippen LogP contribution is -2.38. The van der Waals surface area contributed by atoms with Gasteiger partial charge in [-0.1, -0.05) is 20.3 Å². The molecule has 2 atom stereocenters. The van der Waals surface area contributed by atoms with Gasteiger partial charge in [0.25, 0.3) is 0 Å². The molecule has 2 rings (SSSR count). The molecule has 1 aliphatic carbocycles. The zero-order valence-electron chi connectivity index (χ0n) is 12.2. The highest BCUT2D eigenvalue weighted by Crippen LogP contribution is 2.44. The number of nitrogens with two attached hydrogens (primary N) is 1. The van der Waals surface area contributed by atoms with Gasteiger partial charge in [-0.25, -0.2) is 0 Å². The lowest BCUT2D eigenvalue weighted by atomic mass is 9.76. The Morgan fingerprint density at radius 3 is 2.72 bits per heavy atom. The predicted octanol–water partition coefficient (Wildman–Crippen LogP) is 3.16. The van der Waals surface area contributed by atoms with Gasteiger partial charge >= 0.3 is 0 Å². The molecule has 2 unspecified atom stereocenters. The van der Waals surface area contributed by atoms with Gasteiger partial charge < -0.3 is 5.73 Å². The summed E-state index contributed by atoms with van der Waals surface area (Å²) < 4.78 is 2.02. The van der Waals surface area contributed by atoms with Crippen molar-refractivity contribution in [2.75, 3.05) is 0 Å². The van der Waals surface area contributed by atoms with Crippen molar-refractivity contribution in [1.82, 2.24) is 9.78 Å². The van der Waals surface area contributed by atoms with Gasteiger partial charge in [-0.15, -0.1) is 0 Å². The lowest BCUT2D eigenvalue weighted by Gasteiger charge is -2.31. The van der Waals surface area contributed by atoms with E-state index < -0.39 is 0 Å². The van der Waals surface area contributed by atoms with E-state index in [0.29, 0.717) is 17.4 Å². The van der Waals surface area contributed by atoms with Crippen LogP contribution in [0.1, 0.15) is 58.7 Å². The first-order valence-electron chi connectivity index (χ1n) is 7.20. The highest BCUT2D eigenvalue weighted by molar-refractivity contribution is 5.04. The molecule has 0 aromatic carbocycles. The number of aromatic nitrogens is 2. The van der Waals surface area contributed by atoms with E-state index in [1.165, 1.54) is 19.3 Å². The minimum Gasteiger partial charge on any atom is -0.327 e. The van der Waals surface area contributed by atoms with Crippen LogP contribution < -0.4 is 5.73 Å². The average molecular weight is 249 g/mol. The quantitative estimate of drug-likeness (QED) is 0.890. The molecule has 2 N–H and O–H groups in total. The SMILES string of the molecule is CC(C)n1ccc(CC(N)C2CCCC2(C)C)n1. The smallest absolute Gasteiger partial charge is 0.0640 e. The minimum absolute atomic E-state index is 0.248. The Hall–Kier alpha value is -0.830. The molecule has 3 heteroatoms. The van der Waals surface area contributed by atoms with Crippen molar-refractivity contribution in [3.8, 4) is 0 Å². The van der Waals surface area contributed by atoms with Crippen LogP contribution >= 0.6 is 0 Å². The third kappa shape index (κ3) is 2.77. The summed E-state index contributed by atoms with van der Waals surface area (Å²) in [6.07, 6.45) is 6.89. The Morgan fingerprint density at radius 1 is 1.50 bits per heavy atom. The van der Waals surface area contributed by atoms with Crippen LogP contribution in [0.15, 0.2) is 12.3 Å². The second kappa shape index (κ2) is 5.04. The van der Waals surface area contributed by atoms with E-state index >= 15 is 0 Å². The molecular weight excluding hydrogens is 222 g/mol. The Kier molecular flexibility index (Phi) is 3.81. The molecule has 18 heavy (non-hydrogen) atoms. The van der Waals surface area contributed by atoms with E-state index in [0.717, 1.165) is 12.1 Å². The zero-order valence-corrected chi connectivity index (χ0v) is 12.2. The fourth-order valence-corrected chi connectivity index (χ4v) is 3.30. The summed E-state index contributed by atoms with van der Waals surface area (Å²) in [4.78, 5) is 0. The summed E-state index contributed by atoms with van der Waals surface area (Å²) in [6, 6.07) is 2.79. The van der Waals surface area contributed by atoms with Gasteiger partial charge in [-0.2, -0.15) is 5.10 Å². The molecule has 102 valence electrons. The van der Waals surface area contributed by atoms with Crippen LogP contribution in [0.4, 0.5) is 0 Å². The molecular formula is C15H27N3. The maximum Gasteiger partial charge on any atom is 0.0640 e. The summed E-state index contributed by atoms with van der Waals surface area (Å²) >= 11 is 0. The zero-order chi connectivity index (χ0) is 13.3. The molecule has 1 fully saturated rings. The third-order valence-corrected chi connectivity index (χ3v) is 4.49. The van der Waals surface area contributed by atoms with Crippen LogP contribution in [0.3, 0.4) is 0 Å². The van der Waals surface area contributed by atoms with E-state index in [-0.39, 0.29) is 6.04 Å². The molecule has 1 aromatic heterocycles. The first-order chi connectivity index (χ1) is 8.40. The first kappa shape index (κ1) is 13.6. The molecule has 1 saturated carbocycles. The van der Waals surface area contributed by atoms with Crippen molar-refractivity contribution in [2.24, 2.45) is 17.1 Å². The highest BCUT2D eigenvalue weighted by atomic mass is 15.3.